The molecule has 2 N–H and O–H groups in total. The molecule has 114 valence electrons. The second kappa shape index (κ2) is 6.11. The van der Waals surface area contributed by atoms with Crippen molar-refractivity contribution in [1.82, 2.24) is 10.3 Å². The highest BCUT2D eigenvalue weighted by molar-refractivity contribution is 5.97. The zero-order valence-electron chi connectivity index (χ0n) is 12.6. The fourth-order valence-electron chi connectivity index (χ4n) is 1.88. The van der Waals surface area contributed by atoms with Gasteiger partial charge in [0.2, 0.25) is 0 Å². The van der Waals surface area contributed by atoms with E-state index in [2.05, 4.69) is 15.6 Å². The largest absolute Gasteiger partial charge is 0.467 e. The number of nitrogens with one attached hydrogen (secondary N) is 2. The van der Waals surface area contributed by atoms with Gasteiger partial charge in [0.25, 0.3) is 5.91 Å². The summed E-state index contributed by atoms with van der Waals surface area (Å²) in [6.07, 6.45) is 4.28. The second-order valence-electron chi connectivity index (χ2n) is 5.48. The van der Waals surface area contributed by atoms with Gasteiger partial charge in [0.1, 0.15) is 11.4 Å². The molecule has 1 aliphatic rings. The number of aromatic nitrogens is 1. The molecule has 1 aromatic rings. The van der Waals surface area contributed by atoms with Crippen molar-refractivity contribution in [2.45, 2.75) is 44.7 Å². The molecule has 0 saturated heterocycles. The van der Waals surface area contributed by atoms with Crippen molar-refractivity contribution >= 4 is 17.7 Å². The lowest BCUT2D eigenvalue weighted by molar-refractivity contribution is -0.147. The van der Waals surface area contributed by atoms with Gasteiger partial charge < -0.3 is 15.4 Å². The third kappa shape index (κ3) is 3.71. The van der Waals surface area contributed by atoms with Crippen molar-refractivity contribution in [2.75, 3.05) is 12.4 Å². The zero-order chi connectivity index (χ0) is 15.5. The number of rotatable bonds is 6. The molecule has 6 nitrogen and oxygen atoms in total. The molecule has 0 spiro atoms. The molecule has 1 amide bonds. The number of hydrogen-bond donors (Lipinski definition) is 2. The summed E-state index contributed by atoms with van der Waals surface area (Å²) in [7, 11) is 1.31. The number of amides is 1. The van der Waals surface area contributed by atoms with Crippen LogP contribution in [0.5, 0.6) is 0 Å². The minimum absolute atomic E-state index is 0.338. The Morgan fingerprint density at radius 1 is 1.43 bits per heavy atom. The molecule has 0 radical (unpaired) electrons. The van der Waals surface area contributed by atoms with Crippen LogP contribution in [0.4, 0.5) is 5.82 Å². The lowest BCUT2D eigenvalue weighted by Crippen LogP contribution is -2.52. The highest BCUT2D eigenvalue weighted by Gasteiger charge is 2.34. The summed E-state index contributed by atoms with van der Waals surface area (Å²) in [6.45, 7) is 3.46. The van der Waals surface area contributed by atoms with Crippen LogP contribution in [0.25, 0.3) is 0 Å². The summed E-state index contributed by atoms with van der Waals surface area (Å²) in [5, 5.41) is 5.96. The normalized spacial score (nSPS) is 16.7. The smallest absolute Gasteiger partial charge is 0.331 e. The summed E-state index contributed by atoms with van der Waals surface area (Å²) in [5.41, 5.74) is -0.614. The molecular weight excluding hydrogens is 270 g/mol. The Bertz CT molecular complexity index is 525. The number of ether oxygens (including phenoxy) is 1. The van der Waals surface area contributed by atoms with Crippen LogP contribution < -0.4 is 10.6 Å². The van der Waals surface area contributed by atoms with Crippen LogP contribution in [-0.4, -0.2) is 35.6 Å². The Hall–Kier alpha value is -2.11. The number of carbonyl (C=O) groups excluding carboxylic acids is 2. The van der Waals surface area contributed by atoms with E-state index in [0.717, 1.165) is 18.7 Å². The first-order valence-corrected chi connectivity index (χ1v) is 7.12. The Morgan fingerprint density at radius 2 is 2.14 bits per heavy atom. The molecular formula is C15H21N3O3. The average molecular weight is 291 g/mol. The number of anilines is 1. The average Bonchev–Trinajstić information content (AvgIpc) is 3.30. The number of pyridine rings is 1. The van der Waals surface area contributed by atoms with Crippen molar-refractivity contribution in [3.8, 4) is 0 Å². The molecule has 0 bridgehead atoms. The maximum absolute atomic E-state index is 12.2. The minimum Gasteiger partial charge on any atom is -0.467 e. The van der Waals surface area contributed by atoms with E-state index in [4.69, 9.17) is 4.74 Å². The van der Waals surface area contributed by atoms with Crippen LogP contribution in [0.15, 0.2) is 18.3 Å². The van der Waals surface area contributed by atoms with Gasteiger partial charge in [-0.2, -0.15) is 0 Å². The number of hydrogen-bond acceptors (Lipinski definition) is 5. The molecule has 1 heterocycles. The molecule has 2 rings (SSSR count). The summed E-state index contributed by atoms with van der Waals surface area (Å²) in [5.74, 6) is -0.0335. The summed E-state index contributed by atoms with van der Waals surface area (Å²) in [4.78, 5) is 28.2. The van der Waals surface area contributed by atoms with Crippen LogP contribution in [0.1, 0.15) is 43.5 Å². The van der Waals surface area contributed by atoms with Crippen molar-refractivity contribution in [3.05, 3.63) is 23.9 Å². The van der Waals surface area contributed by atoms with Gasteiger partial charge in [-0.05, 0) is 38.3 Å². The van der Waals surface area contributed by atoms with Crippen LogP contribution >= 0.6 is 0 Å². The zero-order valence-corrected chi connectivity index (χ0v) is 12.6. The van der Waals surface area contributed by atoms with Crippen molar-refractivity contribution in [1.29, 1.82) is 0 Å². The summed E-state index contributed by atoms with van der Waals surface area (Å²) in [6, 6.07) is 3.98. The van der Waals surface area contributed by atoms with Crippen LogP contribution in [0.3, 0.4) is 0 Å². The topological polar surface area (TPSA) is 80.3 Å². The first-order valence-electron chi connectivity index (χ1n) is 7.12. The van der Waals surface area contributed by atoms with Crippen molar-refractivity contribution in [3.63, 3.8) is 0 Å². The minimum atomic E-state index is -1.03. The second-order valence-corrected chi connectivity index (χ2v) is 5.48. The number of carbonyl (C=O) groups is 2. The number of methoxy groups -OCH3 is 1. The van der Waals surface area contributed by atoms with Crippen LogP contribution in [0.2, 0.25) is 0 Å². The number of esters is 1. The van der Waals surface area contributed by atoms with Gasteiger partial charge in [-0.1, -0.05) is 6.92 Å². The maximum atomic E-state index is 12.2. The molecule has 1 aromatic heterocycles. The van der Waals surface area contributed by atoms with E-state index < -0.39 is 11.5 Å². The van der Waals surface area contributed by atoms with E-state index in [9.17, 15) is 9.59 Å². The van der Waals surface area contributed by atoms with Gasteiger partial charge in [-0.25, -0.2) is 9.78 Å². The highest BCUT2D eigenvalue weighted by atomic mass is 16.5. The van der Waals surface area contributed by atoms with Crippen molar-refractivity contribution < 1.29 is 14.3 Å². The van der Waals surface area contributed by atoms with E-state index in [1.165, 1.54) is 13.3 Å². The lowest BCUT2D eigenvalue weighted by atomic mass is 9.98. The lowest BCUT2D eigenvalue weighted by Gasteiger charge is -2.26. The first-order chi connectivity index (χ1) is 9.98. The molecule has 1 atom stereocenters. The molecule has 1 aliphatic carbocycles. The van der Waals surface area contributed by atoms with Crippen LogP contribution in [0, 0.1) is 0 Å². The van der Waals surface area contributed by atoms with E-state index in [1.54, 1.807) is 19.1 Å². The third-order valence-electron chi connectivity index (χ3n) is 3.69. The van der Waals surface area contributed by atoms with Gasteiger partial charge in [0.15, 0.2) is 0 Å². The molecule has 1 unspecified atom stereocenters. The van der Waals surface area contributed by atoms with E-state index >= 15 is 0 Å². The Labute approximate surface area is 124 Å². The standard InChI is InChI=1S/C15H21N3O3/c1-4-15(2,14(20)21-3)18-13(19)10-5-8-12(16-9-10)17-11-6-7-11/h5,8-9,11H,4,6-7H2,1-3H3,(H,16,17)(H,18,19). The fraction of sp³-hybridized carbons (Fsp3) is 0.533. The van der Waals surface area contributed by atoms with Crippen molar-refractivity contribution in [2.24, 2.45) is 0 Å². The van der Waals surface area contributed by atoms with Crippen LogP contribution in [-0.2, 0) is 9.53 Å². The van der Waals surface area contributed by atoms with Gasteiger partial charge in [0, 0.05) is 12.2 Å². The van der Waals surface area contributed by atoms with E-state index in [-0.39, 0.29) is 5.91 Å². The predicted octanol–water partition coefficient (Wildman–Crippen LogP) is 1.73. The Kier molecular flexibility index (Phi) is 4.45. The molecule has 1 saturated carbocycles. The molecule has 6 heteroatoms. The van der Waals surface area contributed by atoms with Gasteiger partial charge in [0.05, 0.1) is 12.7 Å². The quantitative estimate of drug-likeness (QED) is 0.780. The van der Waals surface area contributed by atoms with Gasteiger partial charge in [-0.15, -0.1) is 0 Å². The SMILES string of the molecule is CCC(C)(NC(=O)c1ccc(NC2CC2)nc1)C(=O)OC. The molecule has 1 fully saturated rings. The van der Waals surface area contributed by atoms with E-state index in [0.29, 0.717) is 18.0 Å². The maximum Gasteiger partial charge on any atom is 0.331 e. The molecule has 0 aliphatic heterocycles. The summed E-state index contributed by atoms with van der Waals surface area (Å²) >= 11 is 0. The van der Waals surface area contributed by atoms with Gasteiger partial charge in [-0.3, -0.25) is 4.79 Å². The summed E-state index contributed by atoms with van der Waals surface area (Å²) < 4.78 is 4.73. The molecule has 0 aromatic carbocycles. The first kappa shape index (κ1) is 15.3. The third-order valence-corrected chi connectivity index (χ3v) is 3.69. The van der Waals surface area contributed by atoms with Gasteiger partial charge >= 0.3 is 5.97 Å². The highest BCUT2D eigenvalue weighted by Crippen LogP contribution is 2.23. The monoisotopic (exact) mass is 291 g/mol. The Morgan fingerprint density at radius 3 is 2.62 bits per heavy atom. The Balaban J connectivity index is 2.03. The van der Waals surface area contributed by atoms with E-state index in [1.807, 2.05) is 6.92 Å². The molecule has 21 heavy (non-hydrogen) atoms. The number of nitrogens with zero attached hydrogens (tertiary/aromatic N) is 1. The predicted molar refractivity (Wildman–Crippen MR) is 79.1 cm³/mol. The fourth-order valence-corrected chi connectivity index (χ4v) is 1.88.